The molecule has 0 saturated carbocycles. The van der Waals surface area contributed by atoms with E-state index in [1.807, 2.05) is 0 Å². The van der Waals surface area contributed by atoms with Crippen LogP contribution in [0.25, 0.3) is 0 Å². The van der Waals surface area contributed by atoms with Crippen molar-refractivity contribution in [3.8, 4) is 0 Å². The lowest BCUT2D eigenvalue weighted by Crippen LogP contribution is -2.44. The van der Waals surface area contributed by atoms with Gasteiger partial charge in [0.15, 0.2) is 0 Å². The van der Waals surface area contributed by atoms with Crippen LogP contribution in [-0.4, -0.2) is 55.1 Å². The van der Waals surface area contributed by atoms with E-state index in [0.29, 0.717) is 0 Å². The highest BCUT2D eigenvalue weighted by Gasteiger charge is 2.26. The third-order valence-electron chi connectivity index (χ3n) is 4.26. The van der Waals surface area contributed by atoms with Gasteiger partial charge >= 0.3 is 0 Å². The third kappa shape index (κ3) is 3.19. The molecule has 16 heavy (non-hydrogen) atoms. The van der Waals surface area contributed by atoms with Crippen molar-refractivity contribution >= 4 is 0 Å². The number of hydrogen-bond donors (Lipinski definition) is 1. The minimum absolute atomic E-state index is 0.789. The first-order valence-electron chi connectivity index (χ1n) is 6.96. The van der Waals surface area contributed by atoms with Gasteiger partial charge < -0.3 is 10.6 Å². The van der Waals surface area contributed by atoms with E-state index < -0.39 is 0 Å². The molecule has 2 heterocycles. The summed E-state index contributed by atoms with van der Waals surface area (Å²) in [6.45, 7) is 9.47. The van der Waals surface area contributed by atoms with E-state index in [1.54, 1.807) is 0 Å². The van der Waals surface area contributed by atoms with Crippen LogP contribution in [0.4, 0.5) is 0 Å². The number of nitrogens with zero attached hydrogens (tertiary/aromatic N) is 2. The van der Waals surface area contributed by atoms with Gasteiger partial charge in [-0.1, -0.05) is 6.92 Å². The van der Waals surface area contributed by atoms with E-state index in [4.69, 9.17) is 5.73 Å². The summed E-state index contributed by atoms with van der Waals surface area (Å²) in [6, 6.07) is 0.789. The second kappa shape index (κ2) is 5.99. The molecule has 2 aliphatic heterocycles. The van der Waals surface area contributed by atoms with Crippen LogP contribution in [0.2, 0.25) is 0 Å². The average molecular weight is 225 g/mol. The molecule has 0 bridgehead atoms. The summed E-state index contributed by atoms with van der Waals surface area (Å²) in [4.78, 5) is 5.26. The zero-order valence-electron chi connectivity index (χ0n) is 10.7. The molecule has 2 saturated heterocycles. The third-order valence-corrected chi connectivity index (χ3v) is 4.26. The van der Waals surface area contributed by atoms with Crippen molar-refractivity contribution in [1.29, 1.82) is 0 Å². The van der Waals surface area contributed by atoms with Crippen LogP contribution in [0.5, 0.6) is 0 Å². The molecule has 94 valence electrons. The normalized spacial score (nSPS) is 30.0. The Morgan fingerprint density at radius 3 is 2.56 bits per heavy atom. The Hall–Kier alpha value is -0.120. The van der Waals surface area contributed by atoms with Gasteiger partial charge in [-0.2, -0.15) is 0 Å². The zero-order chi connectivity index (χ0) is 11.4. The topological polar surface area (TPSA) is 32.5 Å². The number of piperidine rings is 1. The van der Waals surface area contributed by atoms with Gasteiger partial charge in [0.1, 0.15) is 0 Å². The molecule has 0 radical (unpaired) electrons. The maximum absolute atomic E-state index is 5.67. The van der Waals surface area contributed by atoms with E-state index in [2.05, 4.69) is 16.7 Å². The summed E-state index contributed by atoms with van der Waals surface area (Å²) in [5.74, 6) is 0.944. The van der Waals surface area contributed by atoms with E-state index in [-0.39, 0.29) is 0 Å². The first-order valence-corrected chi connectivity index (χ1v) is 6.96. The molecule has 0 aromatic heterocycles. The van der Waals surface area contributed by atoms with Crippen molar-refractivity contribution in [2.24, 2.45) is 11.7 Å². The predicted octanol–water partition coefficient (Wildman–Crippen LogP) is 1.14. The van der Waals surface area contributed by atoms with E-state index in [0.717, 1.165) is 25.0 Å². The lowest BCUT2D eigenvalue weighted by molar-refractivity contribution is 0.138. The van der Waals surface area contributed by atoms with Crippen LogP contribution in [0.1, 0.15) is 32.6 Å². The summed E-state index contributed by atoms with van der Waals surface area (Å²) >= 11 is 0. The second-order valence-corrected chi connectivity index (χ2v) is 5.60. The van der Waals surface area contributed by atoms with Crippen LogP contribution in [0.3, 0.4) is 0 Å². The highest BCUT2D eigenvalue weighted by molar-refractivity contribution is 4.83. The van der Waals surface area contributed by atoms with Crippen molar-refractivity contribution in [3.63, 3.8) is 0 Å². The van der Waals surface area contributed by atoms with Gasteiger partial charge in [0.05, 0.1) is 0 Å². The van der Waals surface area contributed by atoms with Gasteiger partial charge in [-0.3, -0.25) is 4.90 Å². The van der Waals surface area contributed by atoms with Crippen molar-refractivity contribution in [2.75, 3.05) is 39.3 Å². The molecule has 2 fully saturated rings. The molecule has 2 rings (SSSR count). The average Bonchev–Trinajstić information content (AvgIpc) is 2.70. The van der Waals surface area contributed by atoms with Crippen molar-refractivity contribution in [3.05, 3.63) is 0 Å². The Morgan fingerprint density at radius 1 is 1.12 bits per heavy atom. The molecule has 2 aliphatic rings. The Labute approximate surface area is 100.0 Å². The predicted molar refractivity (Wildman–Crippen MR) is 68.5 cm³/mol. The molecular formula is C13H27N3. The zero-order valence-corrected chi connectivity index (χ0v) is 10.7. The summed E-state index contributed by atoms with van der Waals surface area (Å²) in [7, 11) is 0. The van der Waals surface area contributed by atoms with Crippen LogP contribution < -0.4 is 5.73 Å². The molecule has 0 spiro atoms. The molecular weight excluding hydrogens is 198 g/mol. The maximum atomic E-state index is 5.67. The van der Waals surface area contributed by atoms with E-state index >= 15 is 0 Å². The van der Waals surface area contributed by atoms with E-state index in [9.17, 15) is 0 Å². The Balaban J connectivity index is 1.75. The molecule has 1 atom stereocenters. The first kappa shape index (κ1) is 12.3. The minimum atomic E-state index is 0.789. The Bertz CT molecular complexity index is 199. The Morgan fingerprint density at radius 2 is 1.88 bits per heavy atom. The molecule has 0 unspecified atom stereocenters. The van der Waals surface area contributed by atoms with Crippen molar-refractivity contribution < 1.29 is 0 Å². The fraction of sp³-hybridized carbons (Fsp3) is 1.00. The van der Waals surface area contributed by atoms with Gasteiger partial charge in [0, 0.05) is 25.7 Å². The second-order valence-electron chi connectivity index (χ2n) is 5.60. The fourth-order valence-corrected chi connectivity index (χ4v) is 3.10. The quantitative estimate of drug-likeness (QED) is 0.779. The molecule has 0 aliphatic carbocycles. The van der Waals surface area contributed by atoms with Gasteiger partial charge in [-0.15, -0.1) is 0 Å². The van der Waals surface area contributed by atoms with Gasteiger partial charge in [0.25, 0.3) is 0 Å². The summed E-state index contributed by atoms with van der Waals surface area (Å²) < 4.78 is 0. The standard InChI is InChI=1S/C13H27N3/c1-12-4-8-15(9-5-12)11-13-3-2-7-16(13)10-6-14/h12-13H,2-11,14H2,1H3/t13-/m0/s1. The number of nitrogens with two attached hydrogens (primary N) is 1. The lowest BCUT2D eigenvalue weighted by Gasteiger charge is -2.34. The fourth-order valence-electron chi connectivity index (χ4n) is 3.10. The van der Waals surface area contributed by atoms with Crippen LogP contribution in [-0.2, 0) is 0 Å². The Kier molecular flexibility index (Phi) is 4.62. The number of likely N-dealkylation sites (tertiary alicyclic amines) is 2. The lowest BCUT2D eigenvalue weighted by atomic mass is 9.99. The largest absolute Gasteiger partial charge is 0.329 e. The highest BCUT2D eigenvalue weighted by atomic mass is 15.2. The number of hydrogen-bond acceptors (Lipinski definition) is 3. The minimum Gasteiger partial charge on any atom is -0.329 e. The highest BCUT2D eigenvalue weighted by Crippen LogP contribution is 2.21. The van der Waals surface area contributed by atoms with Gasteiger partial charge in [0.2, 0.25) is 0 Å². The molecule has 3 heteroatoms. The monoisotopic (exact) mass is 225 g/mol. The van der Waals surface area contributed by atoms with Gasteiger partial charge in [-0.05, 0) is 51.2 Å². The van der Waals surface area contributed by atoms with Crippen molar-refractivity contribution in [1.82, 2.24) is 9.80 Å². The number of rotatable bonds is 4. The smallest absolute Gasteiger partial charge is 0.0224 e. The maximum Gasteiger partial charge on any atom is 0.0224 e. The van der Waals surface area contributed by atoms with Gasteiger partial charge in [-0.25, -0.2) is 0 Å². The van der Waals surface area contributed by atoms with Crippen LogP contribution in [0, 0.1) is 5.92 Å². The SMILES string of the molecule is CC1CCN(C[C@@H]2CCCN2CCN)CC1. The molecule has 3 nitrogen and oxygen atoms in total. The van der Waals surface area contributed by atoms with E-state index in [1.165, 1.54) is 51.9 Å². The van der Waals surface area contributed by atoms with Crippen LogP contribution in [0.15, 0.2) is 0 Å². The summed E-state index contributed by atoms with van der Waals surface area (Å²) in [5, 5.41) is 0. The summed E-state index contributed by atoms with van der Waals surface area (Å²) in [5.41, 5.74) is 5.67. The first-order chi connectivity index (χ1) is 7.79. The summed E-state index contributed by atoms with van der Waals surface area (Å²) in [6.07, 6.45) is 5.54. The molecule has 0 aromatic rings. The van der Waals surface area contributed by atoms with Crippen molar-refractivity contribution in [2.45, 2.75) is 38.6 Å². The van der Waals surface area contributed by atoms with Crippen LogP contribution >= 0.6 is 0 Å². The molecule has 0 amide bonds. The molecule has 0 aromatic carbocycles. The molecule has 2 N–H and O–H groups in total.